The minimum absolute atomic E-state index is 0.0488. The Bertz CT molecular complexity index is 633. The zero-order chi connectivity index (χ0) is 18.5. The molecule has 0 radical (unpaired) electrons. The molecule has 1 aromatic rings. The molecule has 0 atom stereocenters. The highest BCUT2D eigenvalue weighted by molar-refractivity contribution is 5.96. The predicted octanol–water partition coefficient (Wildman–Crippen LogP) is 2.59. The Morgan fingerprint density at radius 3 is 2.42 bits per heavy atom. The topological polar surface area (TPSA) is 62.7 Å². The summed E-state index contributed by atoms with van der Waals surface area (Å²) in [6.45, 7) is 7.59. The molecule has 1 aromatic heterocycles. The van der Waals surface area contributed by atoms with Crippen molar-refractivity contribution in [2.24, 2.45) is 11.8 Å². The Hall–Kier alpha value is -2.11. The molecule has 0 spiro atoms. The van der Waals surface area contributed by atoms with E-state index in [-0.39, 0.29) is 17.7 Å². The highest BCUT2D eigenvalue weighted by Crippen LogP contribution is 2.25. The van der Waals surface area contributed by atoms with E-state index >= 15 is 0 Å². The molecule has 142 valence electrons. The molecule has 0 bridgehead atoms. The second-order valence-corrected chi connectivity index (χ2v) is 7.36. The molecule has 0 aromatic carbocycles. The van der Waals surface area contributed by atoms with Crippen LogP contribution in [0, 0.1) is 11.8 Å². The van der Waals surface area contributed by atoms with Crippen LogP contribution >= 0.6 is 0 Å². The SMILES string of the molecule is CCOc1ncccc1C(=O)N1CCC(C(=O)N2CCC(C)CC2)CC1. The lowest BCUT2D eigenvalue weighted by Crippen LogP contribution is -2.46. The number of hydrogen-bond donors (Lipinski definition) is 0. The van der Waals surface area contributed by atoms with Crippen molar-refractivity contribution in [2.75, 3.05) is 32.8 Å². The van der Waals surface area contributed by atoms with E-state index in [1.54, 1.807) is 18.3 Å². The van der Waals surface area contributed by atoms with E-state index in [2.05, 4.69) is 11.9 Å². The number of amides is 2. The summed E-state index contributed by atoms with van der Waals surface area (Å²) in [6, 6.07) is 3.51. The number of ether oxygens (including phenoxy) is 1. The molecule has 2 aliphatic heterocycles. The number of rotatable bonds is 4. The quantitative estimate of drug-likeness (QED) is 0.829. The van der Waals surface area contributed by atoms with Gasteiger partial charge in [-0.15, -0.1) is 0 Å². The molecule has 2 saturated heterocycles. The zero-order valence-electron chi connectivity index (χ0n) is 15.8. The molecule has 0 unspecified atom stereocenters. The first kappa shape index (κ1) is 18.7. The first-order valence-corrected chi connectivity index (χ1v) is 9.76. The fourth-order valence-electron chi connectivity index (χ4n) is 3.79. The lowest BCUT2D eigenvalue weighted by Gasteiger charge is -2.36. The van der Waals surface area contributed by atoms with Gasteiger partial charge in [-0.2, -0.15) is 0 Å². The van der Waals surface area contributed by atoms with E-state index in [0.717, 1.165) is 44.7 Å². The van der Waals surface area contributed by atoms with Gasteiger partial charge in [0.25, 0.3) is 5.91 Å². The minimum Gasteiger partial charge on any atom is -0.477 e. The Morgan fingerprint density at radius 2 is 1.77 bits per heavy atom. The number of aromatic nitrogens is 1. The average molecular weight is 359 g/mol. The minimum atomic E-state index is -0.0563. The predicted molar refractivity (Wildman–Crippen MR) is 99.0 cm³/mol. The maximum atomic E-state index is 12.8. The van der Waals surface area contributed by atoms with E-state index in [0.29, 0.717) is 31.1 Å². The van der Waals surface area contributed by atoms with Crippen molar-refractivity contribution >= 4 is 11.8 Å². The zero-order valence-corrected chi connectivity index (χ0v) is 15.8. The van der Waals surface area contributed by atoms with Crippen LogP contribution in [-0.2, 0) is 4.79 Å². The van der Waals surface area contributed by atoms with Crippen molar-refractivity contribution in [1.82, 2.24) is 14.8 Å². The molecule has 0 saturated carbocycles. The van der Waals surface area contributed by atoms with Crippen LogP contribution in [0.4, 0.5) is 0 Å². The van der Waals surface area contributed by atoms with E-state index in [9.17, 15) is 9.59 Å². The largest absolute Gasteiger partial charge is 0.477 e. The van der Waals surface area contributed by atoms with Crippen LogP contribution in [0.1, 0.15) is 49.9 Å². The van der Waals surface area contributed by atoms with Gasteiger partial charge in [-0.25, -0.2) is 4.98 Å². The Morgan fingerprint density at radius 1 is 1.12 bits per heavy atom. The van der Waals surface area contributed by atoms with Crippen LogP contribution in [-0.4, -0.2) is 59.4 Å². The number of piperidine rings is 2. The average Bonchev–Trinajstić information content (AvgIpc) is 2.68. The highest BCUT2D eigenvalue weighted by atomic mass is 16.5. The monoisotopic (exact) mass is 359 g/mol. The molecule has 0 aliphatic carbocycles. The molecule has 26 heavy (non-hydrogen) atoms. The fraction of sp³-hybridized carbons (Fsp3) is 0.650. The highest BCUT2D eigenvalue weighted by Gasteiger charge is 2.32. The lowest BCUT2D eigenvalue weighted by atomic mass is 9.92. The smallest absolute Gasteiger partial charge is 0.259 e. The molecule has 2 aliphatic rings. The number of nitrogens with zero attached hydrogens (tertiary/aromatic N) is 3. The molecule has 2 fully saturated rings. The third-order valence-electron chi connectivity index (χ3n) is 5.51. The molecular weight excluding hydrogens is 330 g/mol. The molecular formula is C20H29N3O3. The summed E-state index contributed by atoms with van der Waals surface area (Å²) in [5.74, 6) is 1.38. The lowest BCUT2D eigenvalue weighted by molar-refractivity contribution is -0.138. The maximum absolute atomic E-state index is 12.8. The van der Waals surface area contributed by atoms with Crippen molar-refractivity contribution in [3.8, 4) is 5.88 Å². The van der Waals surface area contributed by atoms with Gasteiger partial charge in [0.05, 0.1) is 6.61 Å². The van der Waals surface area contributed by atoms with Gasteiger partial charge in [-0.1, -0.05) is 6.92 Å². The van der Waals surface area contributed by atoms with Gasteiger partial charge in [-0.3, -0.25) is 9.59 Å². The van der Waals surface area contributed by atoms with Crippen molar-refractivity contribution in [1.29, 1.82) is 0 Å². The Labute approximate surface area is 155 Å². The number of hydrogen-bond acceptors (Lipinski definition) is 4. The fourth-order valence-corrected chi connectivity index (χ4v) is 3.79. The van der Waals surface area contributed by atoms with E-state index < -0.39 is 0 Å². The van der Waals surface area contributed by atoms with Crippen LogP contribution < -0.4 is 4.74 Å². The number of pyridine rings is 1. The van der Waals surface area contributed by atoms with Gasteiger partial charge in [-0.05, 0) is 50.7 Å². The van der Waals surface area contributed by atoms with E-state index in [4.69, 9.17) is 4.74 Å². The molecule has 3 heterocycles. The normalized spacial score (nSPS) is 19.5. The van der Waals surface area contributed by atoms with Crippen LogP contribution in [0.3, 0.4) is 0 Å². The van der Waals surface area contributed by atoms with Crippen LogP contribution in [0.2, 0.25) is 0 Å². The van der Waals surface area contributed by atoms with Gasteiger partial charge in [0.1, 0.15) is 5.56 Å². The first-order chi connectivity index (χ1) is 12.6. The Kier molecular flexibility index (Phi) is 6.12. The maximum Gasteiger partial charge on any atom is 0.259 e. The summed E-state index contributed by atoms with van der Waals surface area (Å²) in [5.41, 5.74) is 0.504. The molecule has 6 heteroatoms. The second kappa shape index (κ2) is 8.52. The van der Waals surface area contributed by atoms with Crippen molar-refractivity contribution in [3.63, 3.8) is 0 Å². The summed E-state index contributed by atoms with van der Waals surface area (Å²) in [7, 11) is 0. The summed E-state index contributed by atoms with van der Waals surface area (Å²) >= 11 is 0. The van der Waals surface area contributed by atoms with Gasteiger partial charge >= 0.3 is 0 Å². The summed E-state index contributed by atoms with van der Waals surface area (Å²) in [5, 5.41) is 0. The summed E-state index contributed by atoms with van der Waals surface area (Å²) in [4.78, 5) is 33.6. The third-order valence-corrected chi connectivity index (χ3v) is 5.51. The van der Waals surface area contributed by atoms with Gasteiger partial charge < -0.3 is 14.5 Å². The van der Waals surface area contributed by atoms with E-state index in [1.165, 1.54) is 0 Å². The Balaban J connectivity index is 1.56. The van der Waals surface area contributed by atoms with Crippen LogP contribution in [0.25, 0.3) is 0 Å². The van der Waals surface area contributed by atoms with Gasteiger partial charge in [0.2, 0.25) is 11.8 Å². The number of carbonyl (C=O) groups excluding carboxylic acids is 2. The van der Waals surface area contributed by atoms with Crippen LogP contribution in [0.5, 0.6) is 5.88 Å². The molecule has 3 rings (SSSR count). The molecule has 2 amide bonds. The second-order valence-electron chi connectivity index (χ2n) is 7.36. The standard InChI is InChI=1S/C20H29N3O3/c1-3-26-18-17(5-4-10-21-18)20(25)23-13-8-16(9-14-23)19(24)22-11-6-15(2)7-12-22/h4-5,10,15-16H,3,6-9,11-14H2,1-2H3. The molecule has 0 N–H and O–H groups in total. The van der Waals surface area contributed by atoms with E-state index in [1.807, 2.05) is 16.7 Å². The number of carbonyl (C=O) groups is 2. The van der Waals surface area contributed by atoms with Gasteiger partial charge in [0.15, 0.2) is 0 Å². The summed E-state index contributed by atoms with van der Waals surface area (Å²) in [6.07, 6.45) is 5.31. The third kappa shape index (κ3) is 4.17. The number of likely N-dealkylation sites (tertiary alicyclic amines) is 2. The van der Waals surface area contributed by atoms with Crippen molar-refractivity contribution in [2.45, 2.75) is 39.5 Å². The van der Waals surface area contributed by atoms with Crippen molar-refractivity contribution in [3.05, 3.63) is 23.9 Å². The van der Waals surface area contributed by atoms with Gasteiger partial charge in [0, 0.05) is 38.3 Å². The molecule has 6 nitrogen and oxygen atoms in total. The summed E-state index contributed by atoms with van der Waals surface area (Å²) < 4.78 is 5.48. The first-order valence-electron chi connectivity index (χ1n) is 9.76. The van der Waals surface area contributed by atoms with Crippen LogP contribution in [0.15, 0.2) is 18.3 Å². The van der Waals surface area contributed by atoms with Crippen molar-refractivity contribution < 1.29 is 14.3 Å².